The van der Waals surface area contributed by atoms with Crippen molar-refractivity contribution in [3.8, 4) is 11.8 Å². The zero-order chi connectivity index (χ0) is 8.10. The van der Waals surface area contributed by atoms with E-state index < -0.39 is 0 Å². The van der Waals surface area contributed by atoms with Crippen molar-refractivity contribution in [3.05, 3.63) is 0 Å². The molecule has 1 heterocycles. The van der Waals surface area contributed by atoms with E-state index in [1.165, 1.54) is 25.8 Å². The van der Waals surface area contributed by atoms with Crippen molar-refractivity contribution in [2.45, 2.75) is 39.2 Å². The van der Waals surface area contributed by atoms with Gasteiger partial charge in [-0.1, -0.05) is 12.3 Å². The molecule has 0 N–H and O–H groups in total. The summed E-state index contributed by atoms with van der Waals surface area (Å²) in [5.74, 6) is 6.07. The maximum absolute atomic E-state index is 3.12. The van der Waals surface area contributed by atoms with E-state index >= 15 is 0 Å². The minimum atomic E-state index is 0.754. The zero-order valence-electron chi connectivity index (χ0n) is 7.56. The molecule has 0 amide bonds. The topological polar surface area (TPSA) is 3.24 Å². The molecular formula is C10H17N. The molecule has 1 unspecified atom stereocenters. The lowest BCUT2D eigenvalue weighted by molar-refractivity contribution is 0.182. The summed E-state index contributed by atoms with van der Waals surface area (Å²) in [6.45, 7) is 6.43. The van der Waals surface area contributed by atoms with Gasteiger partial charge in [-0.3, -0.25) is 4.90 Å². The third-order valence-corrected chi connectivity index (χ3v) is 2.40. The van der Waals surface area contributed by atoms with Crippen LogP contribution in [0.5, 0.6) is 0 Å². The number of hydrogen-bond acceptors (Lipinski definition) is 1. The van der Waals surface area contributed by atoms with Crippen molar-refractivity contribution in [1.82, 2.24) is 4.90 Å². The average Bonchev–Trinajstić information content (AvgIpc) is 2.03. The van der Waals surface area contributed by atoms with Gasteiger partial charge in [0, 0.05) is 6.04 Å². The molecule has 0 radical (unpaired) electrons. The largest absolute Gasteiger partial charge is 0.290 e. The second kappa shape index (κ2) is 4.41. The monoisotopic (exact) mass is 151 g/mol. The molecule has 0 saturated carbocycles. The standard InChI is InChI=1S/C10H17N/c1-3-4-8-11-9-6-5-7-10(11)2/h10H,5-9H2,1-2H3. The lowest BCUT2D eigenvalue weighted by Gasteiger charge is -2.31. The van der Waals surface area contributed by atoms with Crippen LogP contribution < -0.4 is 0 Å². The van der Waals surface area contributed by atoms with E-state index in [-0.39, 0.29) is 0 Å². The van der Waals surface area contributed by atoms with Crippen LogP contribution in [0, 0.1) is 11.8 Å². The first-order valence-corrected chi connectivity index (χ1v) is 4.48. The lowest BCUT2D eigenvalue weighted by Crippen LogP contribution is -2.37. The predicted octanol–water partition coefficient (Wildman–Crippen LogP) is 1.88. The summed E-state index contributed by atoms with van der Waals surface area (Å²) < 4.78 is 0. The number of piperidine rings is 1. The minimum Gasteiger partial charge on any atom is -0.290 e. The van der Waals surface area contributed by atoms with Crippen LogP contribution in [0.25, 0.3) is 0 Å². The Hall–Kier alpha value is -0.480. The highest BCUT2D eigenvalue weighted by Gasteiger charge is 2.16. The van der Waals surface area contributed by atoms with Gasteiger partial charge in [0.15, 0.2) is 0 Å². The molecular weight excluding hydrogens is 134 g/mol. The Kier molecular flexibility index (Phi) is 3.45. The molecule has 1 nitrogen and oxygen atoms in total. The number of hydrogen-bond donors (Lipinski definition) is 0. The van der Waals surface area contributed by atoms with Crippen molar-refractivity contribution >= 4 is 0 Å². The van der Waals surface area contributed by atoms with Crippen molar-refractivity contribution < 1.29 is 0 Å². The fourth-order valence-electron chi connectivity index (χ4n) is 1.57. The first-order valence-electron chi connectivity index (χ1n) is 4.48. The van der Waals surface area contributed by atoms with E-state index in [0.29, 0.717) is 0 Å². The van der Waals surface area contributed by atoms with Gasteiger partial charge in [0.05, 0.1) is 6.54 Å². The van der Waals surface area contributed by atoms with E-state index in [2.05, 4.69) is 23.7 Å². The van der Waals surface area contributed by atoms with Crippen molar-refractivity contribution in [3.63, 3.8) is 0 Å². The van der Waals surface area contributed by atoms with Gasteiger partial charge in [0.2, 0.25) is 0 Å². The first-order chi connectivity index (χ1) is 5.34. The smallest absolute Gasteiger partial charge is 0.0603 e. The molecule has 62 valence electrons. The molecule has 1 fully saturated rings. The second-order valence-electron chi connectivity index (χ2n) is 3.24. The maximum Gasteiger partial charge on any atom is 0.0603 e. The van der Waals surface area contributed by atoms with Crippen LogP contribution in [0.15, 0.2) is 0 Å². The molecule has 1 heteroatoms. The number of nitrogens with zero attached hydrogens (tertiary/aromatic N) is 1. The van der Waals surface area contributed by atoms with E-state index in [0.717, 1.165) is 12.6 Å². The summed E-state index contributed by atoms with van der Waals surface area (Å²) in [6.07, 6.45) is 4.11. The number of rotatable bonds is 1. The Morgan fingerprint density at radius 2 is 2.27 bits per heavy atom. The highest BCUT2D eigenvalue weighted by Crippen LogP contribution is 2.14. The van der Waals surface area contributed by atoms with Crippen LogP contribution in [0.1, 0.15) is 33.1 Å². The molecule has 1 saturated heterocycles. The predicted molar refractivity (Wildman–Crippen MR) is 48.3 cm³/mol. The molecule has 1 atom stereocenters. The highest BCUT2D eigenvalue weighted by atomic mass is 15.1. The summed E-state index contributed by atoms with van der Waals surface area (Å²) in [6, 6.07) is 0.754. The highest BCUT2D eigenvalue weighted by molar-refractivity contribution is 4.98. The molecule has 0 bridgehead atoms. The Morgan fingerprint density at radius 3 is 2.91 bits per heavy atom. The summed E-state index contributed by atoms with van der Waals surface area (Å²) in [5, 5.41) is 0. The molecule has 0 aliphatic carbocycles. The fraction of sp³-hybridized carbons (Fsp3) is 0.800. The molecule has 0 aromatic carbocycles. The van der Waals surface area contributed by atoms with Crippen LogP contribution in [0.3, 0.4) is 0 Å². The van der Waals surface area contributed by atoms with E-state index in [1.54, 1.807) is 0 Å². The van der Waals surface area contributed by atoms with Crippen molar-refractivity contribution in [2.75, 3.05) is 13.1 Å². The fourth-order valence-corrected chi connectivity index (χ4v) is 1.57. The molecule has 0 aromatic heterocycles. The molecule has 0 spiro atoms. The molecule has 1 aliphatic rings. The van der Waals surface area contributed by atoms with Crippen LogP contribution >= 0.6 is 0 Å². The van der Waals surface area contributed by atoms with Crippen LogP contribution in [-0.2, 0) is 0 Å². The molecule has 1 aliphatic heterocycles. The van der Waals surface area contributed by atoms with Crippen molar-refractivity contribution in [2.24, 2.45) is 0 Å². The number of likely N-dealkylation sites (tertiary alicyclic amines) is 1. The van der Waals surface area contributed by atoms with Crippen LogP contribution in [0.4, 0.5) is 0 Å². The third kappa shape index (κ3) is 2.55. The first kappa shape index (κ1) is 8.62. The summed E-state index contributed by atoms with van der Waals surface area (Å²) in [7, 11) is 0. The maximum atomic E-state index is 3.12. The van der Waals surface area contributed by atoms with Gasteiger partial charge in [-0.05, 0) is 33.2 Å². The molecule has 0 aromatic rings. The van der Waals surface area contributed by atoms with E-state index in [4.69, 9.17) is 0 Å². The van der Waals surface area contributed by atoms with Crippen LogP contribution in [-0.4, -0.2) is 24.0 Å². The van der Waals surface area contributed by atoms with Crippen LogP contribution in [0.2, 0.25) is 0 Å². The Morgan fingerprint density at radius 1 is 1.45 bits per heavy atom. The van der Waals surface area contributed by atoms with Crippen molar-refractivity contribution in [1.29, 1.82) is 0 Å². The quantitative estimate of drug-likeness (QED) is 0.517. The van der Waals surface area contributed by atoms with Gasteiger partial charge in [-0.15, -0.1) is 5.92 Å². The van der Waals surface area contributed by atoms with Gasteiger partial charge < -0.3 is 0 Å². The van der Waals surface area contributed by atoms with E-state index in [9.17, 15) is 0 Å². The average molecular weight is 151 g/mol. The summed E-state index contributed by atoms with van der Waals surface area (Å²) >= 11 is 0. The Bertz CT molecular complexity index is 163. The van der Waals surface area contributed by atoms with E-state index in [1.807, 2.05) is 6.92 Å². The van der Waals surface area contributed by atoms with Gasteiger partial charge >= 0.3 is 0 Å². The second-order valence-corrected chi connectivity index (χ2v) is 3.24. The Balaban J connectivity index is 2.33. The van der Waals surface area contributed by atoms with Gasteiger partial charge in [0.1, 0.15) is 0 Å². The molecule has 1 rings (SSSR count). The van der Waals surface area contributed by atoms with Gasteiger partial charge in [0.25, 0.3) is 0 Å². The van der Waals surface area contributed by atoms with Gasteiger partial charge in [-0.25, -0.2) is 0 Å². The molecule has 11 heavy (non-hydrogen) atoms. The Labute approximate surface area is 69.8 Å². The van der Waals surface area contributed by atoms with Gasteiger partial charge in [-0.2, -0.15) is 0 Å². The normalized spacial score (nSPS) is 25.8. The zero-order valence-corrected chi connectivity index (χ0v) is 7.56. The SMILES string of the molecule is CC#CCN1CCCCC1C. The minimum absolute atomic E-state index is 0.754. The summed E-state index contributed by atoms with van der Waals surface area (Å²) in [4.78, 5) is 2.47. The lowest BCUT2D eigenvalue weighted by atomic mass is 10.0. The summed E-state index contributed by atoms with van der Waals surface area (Å²) in [5.41, 5.74) is 0. The third-order valence-electron chi connectivity index (χ3n) is 2.40.